The fraction of sp³-hybridized carbons (Fsp3) is 0. The van der Waals surface area contributed by atoms with Gasteiger partial charge in [0.1, 0.15) is 0 Å². The Bertz CT molecular complexity index is 2560. The number of benzene rings is 8. The highest BCUT2D eigenvalue weighted by molar-refractivity contribution is 6.30. The molecule has 0 bridgehead atoms. The van der Waals surface area contributed by atoms with E-state index in [1.165, 1.54) is 0 Å². The van der Waals surface area contributed by atoms with E-state index in [9.17, 15) is 40.9 Å². The largest absolute Gasteiger partial charge is 0.504 e. The van der Waals surface area contributed by atoms with Crippen LogP contribution in [0.15, 0.2) is 109 Å². The van der Waals surface area contributed by atoms with E-state index in [-0.39, 0.29) is 32.7 Å². The van der Waals surface area contributed by atoms with Gasteiger partial charge >= 0.3 is 0 Å². The Kier molecular flexibility index (Phi) is 6.19. The molecule has 0 aliphatic carbocycles. The summed E-state index contributed by atoms with van der Waals surface area (Å²) in [5, 5.41) is 92.0. The zero-order valence-electron chi connectivity index (χ0n) is 25.0. The Hall–Kier alpha value is -6.80. The van der Waals surface area contributed by atoms with E-state index >= 15 is 0 Å². The highest BCUT2D eigenvalue weighted by Gasteiger charge is 2.32. The van der Waals surface area contributed by atoms with Gasteiger partial charge in [0.2, 0.25) is 23.0 Å². The van der Waals surface area contributed by atoms with Crippen LogP contribution in [-0.2, 0) is 0 Å². The molecule has 0 saturated carbocycles. The van der Waals surface area contributed by atoms with Gasteiger partial charge in [-0.25, -0.2) is 0 Å². The van der Waals surface area contributed by atoms with Crippen molar-refractivity contribution in [1.29, 1.82) is 0 Å². The Balaban J connectivity index is 1.54. The van der Waals surface area contributed by atoms with Crippen LogP contribution in [0.1, 0.15) is 0 Å². The fourth-order valence-corrected chi connectivity index (χ4v) is 6.82. The molecule has 0 radical (unpaired) electrons. The van der Waals surface area contributed by atoms with Gasteiger partial charge in [0.25, 0.3) is 0 Å². The van der Waals surface area contributed by atoms with E-state index in [0.717, 1.165) is 27.3 Å². The van der Waals surface area contributed by atoms with Crippen molar-refractivity contribution >= 4 is 43.1 Å². The summed E-state index contributed by atoms with van der Waals surface area (Å²) < 4.78 is 0. The summed E-state index contributed by atoms with van der Waals surface area (Å²) >= 11 is 0. The lowest BCUT2D eigenvalue weighted by Crippen LogP contribution is -1.95. The molecule has 0 unspecified atom stereocenters. The number of phenolic OH excluding ortho intramolecular Hbond substituents is 8. The smallest absolute Gasteiger partial charge is 0.204 e. The standard InChI is InChI=1S/C40H26O8/c41-33-29-27(22-15-12-20(13-16-22)24-17-14-19-6-1-2-8-23(19)18-24)30-32(36(44)40(48)38(46)34(30)42)28(31(29)35(43)39(47)37(33)45)26-11-5-9-21-7-3-4-10-25(21)26/h1-18,41-48H. The molecule has 0 atom stereocenters. The predicted octanol–water partition coefficient (Wildman–Crippen LogP) is 8.95. The van der Waals surface area contributed by atoms with Crippen molar-refractivity contribution in [2.45, 2.75) is 0 Å². The first-order valence-electron chi connectivity index (χ1n) is 15.0. The van der Waals surface area contributed by atoms with Crippen LogP contribution in [0.4, 0.5) is 0 Å². The molecule has 8 aromatic rings. The normalized spacial score (nSPS) is 11.6. The van der Waals surface area contributed by atoms with Gasteiger partial charge in [0.15, 0.2) is 23.0 Å². The summed E-state index contributed by atoms with van der Waals surface area (Å²) in [6.07, 6.45) is 0. The molecule has 48 heavy (non-hydrogen) atoms. The lowest BCUT2D eigenvalue weighted by molar-refractivity contribution is 0.350. The quantitative estimate of drug-likeness (QED) is 0.0543. The second-order valence-electron chi connectivity index (χ2n) is 11.7. The summed E-state index contributed by atoms with van der Waals surface area (Å²) in [5.74, 6) is -7.30. The molecule has 0 heterocycles. The molecule has 0 fully saturated rings. The van der Waals surface area contributed by atoms with Crippen molar-refractivity contribution in [2.75, 3.05) is 0 Å². The Morgan fingerprint density at radius 2 is 0.729 bits per heavy atom. The Labute approximate surface area is 272 Å². The topological polar surface area (TPSA) is 162 Å². The number of hydrogen-bond acceptors (Lipinski definition) is 8. The van der Waals surface area contributed by atoms with E-state index in [2.05, 4.69) is 0 Å². The molecule has 0 aliphatic heterocycles. The second-order valence-corrected chi connectivity index (χ2v) is 11.7. The van der Waals surface area contributed by atoms with Crippen LogP contribution < -0.4 is 0 Å². The van der Waals surface area contributed by atoms with Gasteiger partial charge in [-0.1, -0.05) is 103 Å². The van der Waals surface area contributed by atoms with Gasteiger partial charge in [0, 0.05) is 32.7 Å². The molecule has 8 nitrogen and oxygen atoms in total. The highest BCUT2D eigenvalue weighted by atomic mass is 16.4. The summed E-state index contributed by atoms with van der Waals surface area (Å²) in [6, 6.07) is 33.5. The summed E-state index contributed by atoms with van der Waals surface area (Å²) in [7, 11) is 0. The second kappa shape index (κ2) is 10.4. The van der Waals surface area contributed by atoms with Gasteiger partial charge in [-0.2, -0.15) is 0 Å². The molecule has 234 valence electrons. The maximum Gasteiger partial charge on any atom is 0.204 e. The molecule has 8 rings (SSSR count). The van der Waals surface area contributed by atoms with Gasteiger partial charge in [-0.3, -0.25) is 0 Å². The lowest BCUT2D eigenvalue weighted by Gasteiger charge is -2.23. The Morgan fingerprint density at radius 1 is 0.292 bits per heavy atom. The number of aromatic hydroxyl groups is 8. The monoisotopic (exact) mass is 634 g/mol. The predicted molar refractivity (Wildman–Crippen MR) is 186 cm³/mol. The van der Waals surface area contributed by atoms with E-state index in [4.69, 9.17) is 0 Å². The molecule has 0 saturated heterocycles. The van der Waals surface area contributed by atoms with Crippen LogP contribution in [0.5, 0.6) is 46.0 Å². The van der Waals surface area contributed by atoms with Crippen LogP contribution in [-0.4, -0.2) is 40.9 Å². The third kappa shape index (κ3) is 3.96. The highest BCUT2D eigenvalue weighted by Crippen LogP contribution is 2.62. The molecular weight excluding hydrogens is 608 g/mol. The minimum atomic E-state index is -1.01. The Morgan fingerprint density at radius 3 is 1.31 bits per heavy atom. The molecule has 0 amide bonds. The van der Waals surface area contributed by atoms with E-state index in [1.807, 2.05) is 72.8 Å². The summed E-state index contributed by atoms with van der Waals surface area (Å²) in [6.45, 7) is 0. The zero-order valence-corrected chi connectivity index (χ0v) is 25.0. The molecule has 8 N–H and O–H groups in total. The first-order valence-corrected chi connectivity index (χ1v) is 15.0. The third-order valence-electron chi connectivity index (χ3n) is 9.11. The molecular formula is C40H26O8. The minimum absolute atomic E-state index is 0.000230. The fourth-order valence-electron chi connectivity index (χ4n) is 6.82. The van der Waals surface area contributed by atoms with Crippen molar-refractivity contribution in [3.63, 3.8) is 0 Å². The summed E-state index contributed by atoms with van der Waals surface area (Å²) in [4.78, 5) is 0. The van der Waals surface area contributed by atoms with Crippen molar-refractivity contribution in [1.82, 2.24) is 0 Å². The van der Waals surface area contributed by atoms with Crippen molar-refractivity contribution in [3.05, 3.63) is 109 Å². The number of phenols is 8. The zero-order chi connectivity index (χ0) is 33.4. The van der Waals surface area contributed by atoms with Crippen LogP contribution in [0.2, 0.25) is 0 Å². The van der Waals surface area contributed by atoms with Gasteiger partial charge in [0.05, 0.1) is 0 Å². The van der Waals surface area contributed by atoms with Gasteiger partial charge in [-0.05, 0) is 49.9 Å². The summed E-state index contributed by atoms with van der Waals surface area (Å²) in [5.41, 5.74) is 2.51. The van der Waals surface area contributed by atoms with Crippen LogP contribution >= 0.6 is 0 Å². The average molecular weight is 635 g/mol. The van der Waals surface area contributed by atoms with Crippen molar-refractivity contribution < 1.29 is 40.9 Å². The average Bonchev–Trinajstić information content (AvgIpc) is 3.13. The maximum atomic E-state index is 11.5. The number of rotatable bonds is 3. The molecule has 0 spiro atoms. The van der Waals surface area contributed by atoms with Crippen LogP contribution in [0.3, 0.4) is 0 Å². The minimum Gasteiger partial charge on any atom is -0.504 e. The van der Waals surface area contributed by atoms with E-state index in [0.29, 0.717) is 16.5 Å². The van der Waals surface area contributed by atoms with Crippen molar-refractivity contribution in [2.24, 2.45) is 0 Å². The SMILES string of the molecule is Oc1c(O)c(O)c2c(-c3cccc4ccccc34)c3c(O)c(O)c(O)c(O)c3c(-c3ccc(-c4ccc5ccccc5c4)cc3)c2c1O. The van der Waals surface area contributed by atoms with E-state index < -0.39 is 46.0 Å². The number of fused-ring (bicyclic) bond motifs is 4. The molecule has 0 aromatic heterocycles. The first kappa shape index (κ1) is 28.7. The molecule has 8 aromatic carbocycles. The van der Waals surface area contributed by atoms with E-state index in [1.54, 1.807) is 36.4 Å². The third-order valence-corrected chi connectivity index (χ3v) is 9.11. The van der Waals surface area contributed by atoms with Gasteiger partial charge < -0.3 is 40.9 Å². The van der Waals surface area contributed by atoms with Gasteiger partial charge in [-0.15, -0.1) is 0 Å². The molecule has 0 aliphatic rings. The van der Waals surface area contributed by atoms with Crippen molar-refractivity contribution in [3.8, 4) is 79.4 Å². The van der Waals surface area contributed by atoms with Crippen LogP contribution in [0.25, 0.3) is 76.5 Å². The first-order chi connectivity index (χ1) is 23.2. The number of hydrogen-bond donors (Lipinski definition) is 8. The maximum absolute atomic E-state index is 11.5. The van der Waals surface area contributed by atoms with Crippen LogP contribution in [0, 0.1) is 0 Å². The molecule has 8 heteroatoms. The lowest BCUT2D eigenvalue weighted by atomic mass is 9.82.